The zero-order chi connectivity index (χ0) is 13.1. The molecule has 1 aromatic rings. The first-order valence-electron chi connectivity index (χ1n) is 4.88. The molecule has 1 aromatic carbocycles. The summed E-state index contributed by atoms with van der Waals surface area (Å²) < 4.78 is 25.8. The zero-order valence-electron chi connectivity index (χ0n) is 9.05. The second-order valence-electron chi connectivity index (χ2n) is 3.35. The lowest BCUT2D eigenvalue weighted by atomic mass is 10.2. The van der Waals surface area contributed by atoms with Gasteiger partial charge in [-0.25, -0.2) is 8.42 Å². The van der Waals surface area contributed by atoms with Gasteiger partial charge in [-0.05, 0) is 18.6 Å². The highest BCUT2D eigenvalue weighted by molar-refractivity contribution is 7.89. The topological polar surface area (TPSA) is 83.5 Å². The minimum atomic E-state index is -3.91. The van der Waals surface area contributed by atoms with Crippen molar-refractivity contribution in [2.75, 3.05) is 0 Å². The summed E-state index contributed by atoms with van der Waals surface area (Å²) in [5.41, 5.74) is 0. The van der Waals surface area contributed by atoms with E-state index in [0.29, 0.717) is 0 Å². The highest BCUT2D eigenvalue weighted by Crippen LogP contribution is 2.20. The summed E-state index contributed by atoms with van der Waals surface area (Å²) in [6.45, 7) is 1.58. The van der Waals surface area contributed by atoms with Crippen LogP contribution in [0.25, 0.3) is 0 Å². The summed E-state index contributed by atoms with van der Waals surface area (Å²) in [5.74, 6) is -1.22. The Morgan fingerprint density at radius 2 is 2.06 bits per heavy atom. The van der Waals surface area contributed by atoms with Gasteiger partial charge in [0.2, 0.25) is 10.0 Å². The van der Waals surface area contributed by atoms with Crippen LogP contribution >= 0.6 is 11.6 Å². The molecule has 0 bridgehead atoms. The predicted octanol–water partition coefficient (Wildman–Crippen LogP) is 1.48. The van der Waals surface area contributed by atoms with Crippen LogP contribution in [0.2, 0.25) is 5.02 Å². The molecule has 2 N–H and O–H groups in total. The molecular weight excluding hydrogens is 266 g/mol. The van der Waals surface area contributed by atoms with Crippen LogP contribution < -0.4 is 4.72 Å². The quantitative estimate of drug-likeness (QED) is 0.854. The highest BCUT2D eigenvalue weighted by atomic mass is 35.5. The van der Waals surface area contributed by atoms with Crippen LogP contribution in [0.4, 0.5) is 0 Å². The van der Waals surface area contributed by atoms with E-state index in [-0.39, 0.29) is 16.3 Å². The smallest absolute Gasteiger partial charge is 0.321 e. The molecule has 1 atom stereocenters. The van der Waals surface area contributed by atoms with Gasteiger partial charge in [-0.3, -0.25) is 4.79 Å². The van der Waals surface area contributed by atoms with Crippen LogP contribution in [-0.2, 0) is 14.8 Å². The standard InChI is InChI=1S/C10H12ClNO4S/c1-2-8(10(13)14)12-17(15,16)9-6-4-3-5-7(9)11/h3-6,8,12H,2H2,1H3,(H,13,14)/t8-/m1/s1. The zero-order valence-corrected chi connectivity index (χ0v) is 10.6. The Balaban J connectivity index is 3.05. The van der Waals surface area contributed by atoms with Crippen molar-refractivity contribution in [1.82, 2.24) is 4.72 Å². The van der Waals surface area contributed by atoms with Crippen molar-refractivity contribution in [2.24, 2.45) is 0 Å². The third-order valence-corrected chi connectivity index (χ3v) is 4.10. The number of carbonyl (C=O) groups is 1. The van der Waals surface area contributed by atoms with E-state index in [1.54, 1.807) is 13.0 Å². The summed E-state index contributed by atoms with van der Waals surface area (Å²) in [6, 6.07) is 4.70. The lowest BCUT2D eigenvalue weighted by molar-refractivity contribution is -0.139. The Labute approximate surface area is 104 Å². The number of aliphatic carboxylic acids is 1. The third kappa shape index (κ3) is 3.42. The molecule has 0 heterocycles. The van der Waals surface area contributed by atoms with Crippen LogP contribution in [0.3, 0.4) is 0 Å². The molecule has 0 saturated carbocycles. The van der Waals surface area contributed by atoms with E-state index in [1.807, 2.05) is 0 Å². The Morgan fingerprint density at radius 3 is 2.53 bits per heavy atom. The normalized spacial score (nSPS) is 13.3. The number of carboxylic acid groups (broad SMARTS) is 1. The van der Waals surface area contributed by atoms with E-state index in [0.717, 1.165) is 0 Å². The first-order valence-corrected chi connectivity index (χ1v) is 6.74. The minimum Gasteiger partial charge on any atom is -0.480 e. The molecule has 1 rings (SSSR count). The maximum absolute atomic E-state index is 11.9. The van der Waals surface area contributed by atoms with Crippen molar-refractivity contribution in [3.8, 4) is 0 Å². The number of sulfonamides is 1. The van der Waals surface area contributed by atoms with Gasteiger partial charge in [0.25, 0.3) is 0 Å². The van der Waals surface area contributed by atoms with Crippen molar-refractivity contribution in [3.63, 3.8) is 0 Å². The average Bonchev–Trinajstić information content (AvgIpc) is 2.26. The third-order valence-electron chi connectivity index (χ3n) is 2.13. The molecule has 0 aromatic heterocycles. The van der Waals surface area contributed by atoms with Gasteiger partial charge in [-0.2, -0.15) is 4.72 Å². The molecular formula is C10H12ClNO4S. The fourth-order valence-corrected chi connectivity index (χ4v) is 3.01. The minimum absolute atomic E-state index is 0.0558. The van der Waals surface area contributed by atoms with Crippen LogP contribution in [0.5, 0.6) is 0 Å². The summed E-state index contributed by atoms with van der Waals surface area (Å²) in [7, 11) is -3.91. The molecule has 94 valence electrons. The van der Waals surface area contributed by atoms with Crippen LogP contribution in [0.1, 0.15) is 13.3 Å². The maximum atomic E-state index is 11.9. The molecule has 0 amide bonds. The summed E-state index contributed by atoms with van der Waals surface area (Å²) >= 11 is 5.75. The molecule has 0 aliphatic heterocycles. The number of nitrogens with one attached hydrogen (secondary N) is 1. The number of hydrogen-bond donors (Lipinski definition) is 2. The van der Waals surface area contributed by atoms with E-state index in [9.17, 15) is 13.2 Å². The van der Waals surface area contributed by atoms with Gasteiger partial charge >= 0.3 is 5.97 Å². The molecule has 17 heavy (non-hydrogen) atoms. The molecule has 0 radical (unpaired) electrons. The molecule has 5 nitrogen and oxygen atoms in total. The van der Waals surface area contributed by atoms with Gasteiger partial charge in [0, 0.05) is 0 Å². The Hall–Kier alpha value is -1.11. The second kappa shape index (κ2) is 5.48. The van der Waals surface area contributed by atoms with Gasteiger partial charge in [-0.1, -0.05) is 30.7 Å². The Bertz CT molecular complexity index is 515. The molecule has 0 unspecified atom stereocenters. The van der Waals surface area contributed by atoms with Gasteiger partial charge in [0.05, 0.1) is 5.02 Å². The van der Waals surface area contributed by atoms with E-state index < -0.39 is 22.0 Å². The number of benzene rings is 1. The lowest BCUT2D eigenvalue weighted by Crippen LogP contribution is -2.40. The van der Waals surface area contributed by atoms with Crippen molar-refractivity contribution in [1.29, 1.82) is 0 Å². The van der Waals surface area contributed by atoms with E-state index >= 15 is 0 Å². The lowest BCUT2D eigenvalue weighted by Gasteiger charge is -2.13. The Morgan fingerprint density at radius 1 is 1.47 bits per heavy atom. The average molecular weight is 278 g/mol. The number of halogens is 1. The molecule has 7 heteroatoms. The predicted molar refractivity (Wildman–Crippen MR) is 63.5 cm³/mol. The van der Waals surface area contributed by atoms with Gasteiger partial charge in [0.1, 0.15) is 10.9 Å². The first kappa shape index (κ1) is 14.0. The summed E-state index contributed by atoms with van der Waals surface area (Å²) in [5, 5.41) is 8.85. The van der Waals surface area contributed by atoms with Crippen LogP contribution in [0, 0.1) is 0 Å². The van der Waals surface area contributed by atoms with E-state index in [4.69, 9.17) is 16.7 Å². The number of carboxylic acids is 1. The van der Waals surface area contributed by atoms with Crippen molar-refractivity contribution < 1.29 is 18.3 Å². The second-order valence-corrected chi connectivity index (χ2v) is 5.44. The summed E-state index contributed by atoms with van der Waals surface area (Å²) in [4.78, 5) is 10.6. The maximum Gasteiger partial charge on any atom is 0.321 e. The van der Waals surface area contributed by atoms with E-state index in [1.165, 1.54) is 18.2 Å². The van der Waals surface area contributed by atoms with Gasteiger partial charge < -0.3 is 5.11 Å². The fraction of sp³-hybridized carbons (Fsp3) is 0.300. The van der Waals surface area contributed by atoms with Crippen molar-refractivity contribution >= 4 is 27.6 Å². The van der Waals surface area contributed by atoms with Gasteiger partial charge in [-0.15, -0.1) is 0 Å². The molecule has 0 spiro atoms. The molecule has 0 fully saturated rings. The van der Waals surface area contributed by atoms with E-state index in [2.05, 4.69) is 4.72 Å². The molecule has 0 aliphatic rings. The SMILES string of the molecule is CC[C@@H](NS(=O)(=O)c1ccccc1Cl)C(=O)O. The molecule has 0 aliphatic carbocycles. The van der Waals surface area contributed by atoms with Crippen molar-refractivity contribution in [3.05, 3.63) is 29.3 Å². The fourth-order valence-electron chi connectivity index (χ4n) is 1.22. The van der Waals surface area contributed by atoms with Crippen LogP contribution in [-0.4, -0.2) is 25.5 Å². The number of hydrogen-bond acceptors (Lipinski definition) is 3. The summed E-state index contributed by atoms with van der Waals surface area (Å²) in [6.07, 6.45) is 0.152. The largest absolute Gasteiger partial charge is 0.480 e. The molecule has 0 saturated heterocycles. The first-order chi connectivity index (χ1) is 7.88. The van der Waals surface area contributed by atoms with Gasteiger partial charge in [0.15, 0.2) is 0 Å². The van der Waals surface area contributed by atoms with Crippen molar-refractivity contribution in [2.45, 2.75) is 24.3 Å². The highest BCUT2D eigenvalue weighted by Gasteiger charge is 2.25. The number of rotatable bonds is 5. The van der Waals surface area contributed by atoms with Crippen LogP contribution in [0.15, 0.2) is 29.2 Å². The monoisotopic (exact) mass is 277 g/mol. The Kier molecular flexibility index (Phi) is 4.50.